The van der Waals surface area contributed by atoms with E-state index in [2.05, 4.69) is 15.2 Å². The Morgan fingerprint density at radius 3 is 2.95 bits per heavy atom. The SMILES string of the molecule is Cc1sc2[nH]c(=S)n(Cc3ccn[nH]3)c(=O)c2c1C. The zero-order valence-corrected chi connectivity index (χ0v) is 12.1. The van der Waals surface area contributed by atoms with E-state index in [0.717, 1.165) is 26.4 Å². The molecule has 0 unspecified atom stereocenters. The van der Waals surface area contributed by atoms with Gasteiger partial charge in [0, 0.05) is 11.1 Å². The third-order valence-electron chi connectivity index (χ3n) is 3.20. The van der Waals surface area contributed by atoms with E-state index in [1.54, 1.807) is 22.1 Å². The van der Waals surface area contributed by atoms with Gasteiger partial charge < -0.3 is 4.98 Å². The maximum atomic E-state index is 12.6. The summed E-state index contributed by atoms with van der Waals surface area (Å²) < 4.78 is 2.00. The fraction of sp³-hybridized carbons (Fsp3) is 0.250. The average molecular weight is 292 g/mol. The standard InChI is InChI=1S/C12H12N4OS2/c1-6-7(2)19-10-9(6)11(17)16(12(18)14-10)5-8-3-4-13-15-8/h3-4H,5H2,1-2H3,(H,13,15)(H,14,18). The Kier molecular flexibility index (Phi) is 2.87. The Morgan fingerprint density at radius 1 is 1.47 bits per heavy atom. The third-order valence-corrected chi connectivity index (χ3v) is 4.64. The molecule has 0 fully saturated rings. The van der Waals surface area contributed by atoms with Crippen molar-refractivity contribution in [2.24, 2.45) is 0 Å². The van der Waals surface area contributed by atoms with E-state index in [4.69, 9.17) is 12.2 Å². The molecule has 0 spiro atoms. The van der Waals surface area contributed by atoms with Gasteiger partial charge >= 0.3 is 0 Å². The predicted molar refractivity (Wildman–Crippen MR) is 78.4 cm³/mol. The van der Waals surface area contributed by atoms with Crippen LogP contribution in [0.1, 0.15) is 16.1 Å². The molecule has 19 heavy (non-hydrogen) atoms. The van der Waals surface area contributed by atoms with Crippen molar-refractivity contribution in [3.63, 3.8) is 0 Å². The highest BCUT2D eigenvalue weighted by Gasteiger charge is 2.13. The van der Waals surface area contributed by atoms with E-state index in [1.165, 1.54) is 0 Å². The minimum Gasteiger partial charge on any atom is -0.323 e. The summed E-state index contributed by atoms with van der Waals surface area (Å²) in [4.78, 5) is 17.7. The van der Waals surface area contributed by atoms with Gasteiger partial charge in [-0.2, -0.15) is 5.10 Å². The second-order valence-electron chi connectivity index (χ2n) is 4.39. The second kappa shape index (κ2) is 4.43. The van der Waals surface area contributed by atoms with E-state index < -0.39 is 0 Å². The molecular weight excluding hydrogens is 280 g/mol. The molecule has 0 radical (unpaired) electrons. The molecule has 2 N–H and O–H groups in total. The summed E-state index contributed by atoms with van der Waals surface area (Å²) in [6, 6.07) is 1.83. The van der Waals surface area contributed by atoms with Crippen molar-refractivity contribution < 1.29 is 0 Å². The summed E-state index contributed by atoms with van der Waals surface area (Å²) in [6.07, 6.45) is 1.66. The Hall–Kier alpha value is -1.73. The lowest BCUT2D eigenvalue weighted by Gasteiger charge is -2.05. The number of rotatable bonds is 2. The number of aromatic amines is 2. The first-order valence-electron chi connectivity index (χ1n) is 5.79. The Labute approximate surface area is 117 Å². The van der Waals surface area contributed by atoms with E-state index in [0.29, 0.717) is 11.3 Å². The van der Waals surface area contributed by atoms with Crippen molar-refractivity contribution in [3.8, 4) is 0 Å². The number of H-pyrrole nitrogens is 2. The summed E-state index contributed by atoms with van der Waals surface area (Å²) in [5.41, 5.74) is 1.83. The van der Waals surface area contributed by atoms with Crippen LogP contribution in [0.15, 0.2) is 17.1 Å². The van der Waals surface area contributed by atoms with Gasteiger partial charge in [-0.25, -0.2) is 0 Å². The van der Waals surface area contributed by atoms with Gasteiger partial charge in [0.2, 0.25) is 0 Å². The van der Waals surface area contributed by atoms with Crippen LogP contribution in [0, 0.1) is 18.6 Å². The van der Waals surface area contributed by atoms with Crippen LogP contribution in [-0.2, 0) is 6.54 Å². The highest BCUT2D eigenvalue weighted by atomic mass is 32.1. The third kappa shape index (κ3) is 1.95. The van der Waals surface area contributed by atoms with Crippen molar-refractivity contribution in [3.05, 3.63) is 43.5 Å². The largest absolute Gasteiger partial charge is 0.323 e. The van der Waals surface area contributed by atoms with Crippen LogP contribution in [0.4, 0.5) is 0 Å². The summed E-state index contributed by atoms with van der Waals surface area (Å²) in [7, 11) is 0. The van der Waals surface area contributed by atoms with Crippen molar-refractivity contribution in [2.45, 2.75) is 20.4 Å². The normalized spacial score (nSPS) is 11.3. The van der Waals surface area contributed by atoms with Gasteiger partial charge in [-0.15, -0.1) is 11.3 Å². The Morgan fingerprint density at radius 2 is 2.26 bits per heavy atom. The molecule has 3 rings (SSSR count). The van der Waals surface area contributed by atoms with Crippen molar-refractivity contribution >= 4 is 33.8 Å². The zero-order valence-electron chi connectivity index (χ0n) is 10.5. The lowest BCUT2D eigenvalue weighted by molar-refractivity contribution is 0.714. The van der Waals surface area contributed by atoms with Crippen LogP contribution >= 0.6 is 23.6 Å². The summed E-state index contributed by atoms with van der Waals surface area (Å²) >= 11 is 6.84. The van der Waals surface area contributed by atoms with Gasteiger partial charge in [0.05, 0.1) is 17.6 Å². The summed E-state index contributed by atoms with van der Waals surface area (Å²) in [5.74, 6) is 0. The van der Waals surface area contributed by atoms with Crippen LogP contribution in [0.2, 0.25) is 0 Å². The van der Waals surface area contributed by atoms with Crippen molar-refractivity contribution in [1.82, 2.24) is 19.7 Å². The number of nitrogens with zero attached hydrogens (tertiary/aromatic N) is 2. The highest BCUT2D eigenvalue weighted by Crippen LogP contribution is 2.25. The van der Waals surface area contributed by atoms with Crippen LogP contribution < -0.4 is 5.56 Å². The first-order chi connectivity index (χ1) is 9.08. The van der Waals surface area contributed by atoms with Gasteiger partial charge in [0.25, 0.3) is 5.56 Å². The topological polar surface area (TPSA) is 66.5 Å². The molecule has 98 valence electrons. The average Bonchev–Trinajstić information content (AvgIpc) is 2.95. The number of fused-ring (bicyclic) bond motifs is 1. The van der Waals surface area contributed by atoms with Crippen LogP contribution in [-0.4, -0.2) is 19.7 Å². The second-order valence-corrected chi connectivity index (χ2v) is 6.00. The van der Waals surface area contributed by atoms with Gasteiger partial charge in [0.1, 0.15) is 4.83 Å². The first kappa shape index (κ1) is 12.3. The van der Waals surface area contributed by atoms with Gasteiger partial charge in [-0.05, 0) is 37.7 Å². The number of thiophene rings is 1. The van der Waals surface area contributed by atoms with Gasteiger partial charge in [-0.1, -0.05) is 0 Å². The molecule has 0 aromatic carbocycles. The van der Waals surface area contributed by atoms with Crippen molar-refractivity contribution in [1.29, 1.82) is 0 Å². The van der Waals surface area contributed by atoms with E-state index >= 15 is 0 Å². The zero-order chi connectivity index (χ0) is 13.6. The molecule has 0 saturated carbocycles. The molecule has 0 aliphatic heterocycles. The maximum absolute atomic E-state index is 12.6. The number of hydrogen-bond acceptors (Lipinski definition) is 4. The fourth-order valence-corrected chi connectivity index (χ4v) is 3.42. The molecule has 3 heterocycles. The van der Waals surface area contributed by atoms with Crippen LogP contribution in [0.3, 0.4) is 0 Å². The van der Waals surface area contributed by atoms with E-state index in [-0.39, 0.29) is 5.56 Å². The molecule has 0 saturated heterocycles. The Bertz CT molecular complexity index is 854. The van der Waals surface area contributed by atoms with Gasteiger partial charge in [0.15, 0.2) is 4.77 Å². The Balaban J connectivity index is 2.28. The van der Waals surface area contributed by atoms with Gasteiger partial charge in [-0.3, -0.25) is 14.5 Å². The molecule has 0 amide bonds. The monoisotopic (exact) mass is 292 g/mol. The quantitative estimate of drug-likeness (QED) is 0.713. The molecule has 0 aliphatic carbocycles. The minimum atomic E-state index is -0.0461. The molecule has 0 aliphatic rings. The molecule has 3 aromatic heterocycles. The molecule has 7 heteroatoms. The maximum Gasteiger partial charge on any atom is 0.263 e. The minimum absolute atomic E-state index is 0.0461. The number of aryl methyl sites for hydroxylation is 2. The molecule has 3 aromatic rings. The summed E-state index contributed by atoms with van der Waals surface area (Å²) in [6.45, 7) is 4.38. The fourth-order valence-electron chi connectivity index (χ4n) is 2.05. The lowest BCUT2D eigenvalue weighted by atomic mass is 10.2. The lowest BCUT2D eigenvalue weighted by Crippen LogP contribution is -2.22. The summed E-state index contributed by atoms with van der Waals surface area (Å²) in [5, 5.41) is 7.45. The van der Waals surface area contributed by atoms with E-state index in [9.17, 15) is 4.79 Å². The van der Waals surface area contributed by atoms with Crippen LogP contribution in [0.5, 0.6) is 0 Å². The molecular formula is C12H12N4OS2. The van der Waals surface area contributed by atoms with Crippen molar-refractivity contribution in [2.75, 3.05) is 0 Å². The number of aromatic nitrogens is 4. The first-order valence-corrected chi connectivity index (χ1v) is 7.01. The molecule has 0 bridgehead atoms. The molecule has 5 nitrogen and oxygen atoms in total. The van der Waals surface area contributed by atoms with Crippen LogP contribution in [0.25, 0.3) is 10.2 Å². The number of hydrogen-bond donors (Lipinski definition) is 2. The smallest absolute Gasteiger partial charge is 0.263 e. The number of nitrogens with one attached hydrogen (secondary N) is 2. The molecule has 0 atom stereocenters. The highest BCUT2D eigenvalue weighted by molar-refractivity contribution is 7.71. The van der Waals surface area contributed by atoms with E-state index in [1.807, 2.05) is 19.9 Å². The predicted octanol–water partition coefficient (Wildman–Crippen LogP) is 2.51.